The van der Waals surface area contributed by atoms with E-state index < -0.39 is 0 Å². The van der Waals surface area contributed by atoms with E-state index in [9.17, 15) is 10.1 Å². The third-order valence-corrected chi connectivity index (χ3v) is 5.30. The van der Waals surface area contributed by atoms with Crippen LogP contribution < -0.4 is 4.90 Å². The van der Waals surface area contributed by atoms with Crippen molar-refractivity contribution in [3.8, 4) is 28.5 Å². The number of carbonyl (C=O) groups excluding carboxylic acids is 1. The summed E-state index contributed by atoms with van der Waals surface area (Å²) in [7, 11) is 1.52. The second-order valence-corrected chi connectivity index (χ2v) is 7.63. The summed E-state index contributed by atoms with van der Waals surface area (Å²) in [5.74, 6) is -0.432. The quantitative estimate of drug-likeness (QED) is 0.417. The van der Waals surface area contributed by atoms with Crippen LogP contribution in [0, 0.1) is 11.3 Å². The predicted octanol–water partition coefficient (Wildman–Crippen LogP) is 6.45. The number of anilines is 1. The Bertz CT molecular complexity index is 1120. The average molecular weight is 465 g/mol. The van der Waals surface area contributed by atoms with E-state index in [-0.39, 0.29) is 23.2 Å². The molecular weight excluding hydrogens is 452 g/mol. The number of alkyl halides is 1. The van der Waals surface area contributed by atoms with E-state index in [4.69, 9.17) is 46.4 Å². The van der Waals surface area contributed by atoms with Gasteiger partial charge in [-0.3, -0.25) is 9.69 Å². The van der Waals surface area contributed by atoms with E-state index in [0.717, 1.165) is 5.56 Å². The van der Waals surface area contributed by atoms with Crippen molar-refractivity contribution in [2.75, 3.05) is 17.8 Å². The monoisotopic (exact) mass is 463 g/mol. The minimum Gasteiger partial charge on any atom is -0.298 e. The van der Waals surface area contributed by atoms with Gasteiger partial charge >= 0.3 is 0 Å². The molecule has 3 rings (SSSR count). The van der Waals surface area contributed by atoms with Gasteiger partial charge in [-0.1, -0.05) is 46.9 Å². The summed E-state index contributed by atoms with van der Waals surface area (Å²) in [4.78, 5) is 18.0. The molecule has 0 aliphatic rings. The topological polar surface area (TPSA) is 57.0 Å². The molecule has 0 N–H and O–H groups in total. The van der Waals surface area contributed by atoms with Gasteiger partial charge < -0.3 is 0 Å². The lowest BCUT2D eigenvalue weighted by molar-refractivity contribution is -0.116. The van der Waals surface area contributed by atoms with Gasteiger partial charge in [-0.2, -0.15) is 5.26 Å². The summed E-state index contributed by atoms with van der Waals surface area (Å²) in [6.07, 6.45) is 0. The van der Waals surface area contributed by atoms with Gasteiger partial charge in [-0.05, 0) is 42.0 Å². The van der Waals surface area contributed by atoms with Crippen LogP contribution in [0.15, 0.2) is 48.5 Å². The van der Waals surface area contributed by atoms with Crippen molar-refractivity contribution in [3.05, 3.63) is 69.2 Å². The number of halogens is 4. The third-order valence-electron chi connectivity index (χ3n) is 4.27. The number of carbonyl (C=O) groups is 1. The maximum atomic E-state index is 12.1. The van der Waals surface area contributed by atoms with Crippen LogP contribution in [0.4, 0.5) is 5.82 Å². The molecule has 146 valence electrons. The standard InChI is InChI=1S/C21H13Cl4N3O/c1-28(19(29)10-22)21-13(11-26)8-17(12-2-4-14(23)5-3-12)20(27-21)16-7-6-15(24)9-18(16)25/h2-9H,10H2,1H3. The number of benzene rings is 2. The smallest absolute Gasteiger partial charge is 0.242 e. The first-order valence-electron chi connectivity index (χ1n) is 8.34. The molecule has 0 saturated heterocycles. The lowest BCUT2D eigenvalue weighted by Gasteiger charge is -2.20. The molecular formula is C21H13Cl4N3O. The molecule has 0 fully saturated rings. The van der Waals surface area contributed by atoms with Gasteiger partial charge in [0.25, 0.3) is 0 Å². The molecule has 8 heteroatoms. The van der Waals surface area contributed by atoms with Crippen LogP contribution in [0.25, 0.3) is 22.4 Å². The fraction of sp³-hybridized carbons (Fsp3) is 0.0952. The summed E-state index contributed by atoms with van der Waals surface area (Å²) < 4.78 is 0. The van der Waals surface area contributed by atoms with E-state index in [1.54, 1.807) is 36.4 Å². The first-order valence-corrected chi connectivity index (χ1v) is 10.0. The molecule has 1 amide bonds. The van der Waals surface area contributed by atoms with E-state index in [0.29, 0.717) is 31.9 Å². The Hall–Kier alpha value is -2.29. The number of hydrogen-bond acceptors (Lipinski definition) is 3. The van der Waals surface area contributed by atoms with Gasteiger partial charge in [0, 0.05) is 28.2 Å². The minimum atomic E-state index is -0.386. The Morgan fingerprint density at radius 3 is 2.28 bits per heavy atom. The SMILES string of the molecule is CN(C(=O)CCl)c1nc(-c2ccc(Cl)cc2Cl)c(-c2ccc(Cl)cc2)cc1C#N. The molecule has 1 heterocycles. The fourth-order valence-corrected chi connectivity index (χ4v) is 3.59. The second kappa shape index (κ2) is 9.02. The number of rotatable bonds is 4. The molecule has 29 heavy (non-hydrogen) atoms. The van der Waals surface area contributed by atoms with E-state index in [1.165, 1.54) is 11.9 Å². The second-order valence-electron chi connectivity index (χ2n) is 6.08. The van der Waals surface area contributed by atoms with Crippen LogP contribution in [0.3, 0.4) is 0 Å². The van der Waals surface area contributed by atoms with Crippen LogP contribution in [0.2, 0.25) is 15.1 Å². The van der Waals surface area contributed by atoms with Crippen LogP contribution in [0.5, 0.6) is 0 Å². The van der Waals surface area contributed by atoms with Crippen LogP contribution in [-0.4, -0.2) is 23.8 Å². The summed E-state index contributed by atoms with van der Waals surface area (Å²) in [6, 6.07) is 15.9. The molecule has 0 spiro atoms. The molecule has 0 radical (unpaired) electrons. The van der Waals surface area contributed by atoms with E-state index in [1.807, 2.05) is 12.1 Å². The first-order chi connectivity index (χ1) is 13.8. The normalized spacial score (nSPS) is 10.5. The van der Waals surface area contributed by atoms with Crippen molar-refractivity contribution in [1.29, 1.82) is 5.26 Å². The van der Waals surface area contributed by atoms with Crippen LogP contribution in [0.1, 0.15) is 5.56 Å². The number of nitrogens with zero attached hydrogens (tertiary/aromatic N) is 3. The maximum Gasteiger partial charge on any atom is 0.242 e. The molecule has 4 nitrogen and oxygen atoms in total. The summed E-state index contributed by atoms with van der Waals surface area (Å²) in [6.45, 7) is 0. The number of aromatic nitrogens is 1. The Morgan fingerprint density at radius 1 is 1.03 bits per heavy atom. The highest BCUT2D eigenvalue weighted by atomic mass is 35.5. The highest BCUT2D eigenvalue weighted by Crippen LogP contribution is 2.38. The number of pyridine rings is 1. The van der Waals surface area contributed by atoms with Gasteiger partial charge in [0.2, 0.25) is 5.91 Å². The third kappa shape index (κ3) is 4.49. The minimum absolute atomic E-state index is 0.192. The van der Waals surface area contributed by atoms with Crippen molar-refractivity contribution in [1.82, 2.24) is 4.98 Å². The lowest BCUT2D eigenvalue weighted by Crippen LogP contribution is -2.29. The van der Waals surface area contributed by atoms with Gasteiger partial charge in [-0.25, -0.2) is 4.98 Å². The van der Waals surface area contributed by atoms with Gasteiger partial charge in [0.1, 0.15) is 11.9 Å². The van der Waals surface area contributed by atoms with Crippen molar-refractivity contribution >= 4 is 58.1 Å². The average Bonchev–Trinajstić information content (AvgIpc) is 2.72. The molecule has 0 saturated carbocycles. The van der Waals surface area contributed by atoms with Crippen molar-refractivity contribution in [3.63, 3.8) is 0 Å². The zero-order valence-corrected chi connectivity index (χ0v) is 18.1. The van der Waals surface area contributed by atoms with Crippen molar-refractivity contribution < 1.29 is 4.79 Å². The lowest BCUT2D eigenvalue weighted by atomic mass is 9.97. The Labute approximate surface area is 188 Å². The number of amides is 1. The zero-order valence-electron chi connectivity index (χ0n) is 15.1. The zero-order chi connectivity index (χ0) is 21.1. The highest BCUT2D eigenvalue weighted by Gasteiger charge is 2.21. The van der Waals surface area contributed by atoms with Gasteiger partial charge in [0.05, 0.1) is 16.3 Å². The maximum absolute atomic E-state index is 12.1. The number of nitriles is 1. The Kier molecular flexibility index (Phi) is 6.66. The first kappa shape index (κ1) is 21.4. The molecule has 0 aliphatic carbocycles. The summed E-state index contributed by atoms with van der Waals surface area (Å²) in [5.41, 5.74) is 2.79. The highest BCUT2D eigenvalue weighted by molar-refractivity contribution is 6.36. The summed E-state index contributed by atoms with van der Waals surface area (Å²) in [5, 5.41) is 11.1. The van der Waals surface area contributed by atoms with Gasteiger partial charge in [-0.15, -0.1) is 11.6 Å². The van der Waals surface area contributed by atoms with Gasteiger partial charge in [0.15, 0.2) is 5.82 Å². The molecule has 0 atom stereocenters. The molecule has 3 aromatic rings. The fourth-order valence-electron chi connectivity index (χ4n) is 2.79. The molecule has 0 aliphatic heterocycles. The Morgan fingerprint density at radius 2 is 1.69 bits per heavy atom. The molecule has 0 bridgehead atoms. The molecule has 1 aromatic heterocycles. The van der Waals surface area contributed by atoms with Crippen LogP contribution >= 0.6 is 46.4 Å². The van der Waals surface area contributed by atoms with E-state index in [2.05, 4.69) is 11.1 Å². The van der Waals surface area contributed by atoms with Crippen molar-refractivity contribution in [2.45, 2.75) is 0 Å². The molecule has 2 aromatic carbocycles. The van der Waals surface area contributed by atoms with Crippen LogP contribution in [-0.2, 0) is 4.79 Å². The van der Waals surface area contributed by atoms with Crippen molar-refractivity contribution in [2.24, 2.45) is 0 Å². The Balaban J connectivity index is 2.33. The predicted molar refractivity (Wildman–Crippen MR) is 119 cm³/mol. The summed E-state index contributed by atoms with van der Waals surface area (Å²) >= 11 is 24.2. The van der Waals surface area contributed by atoms with E-state index >= 15 is 0 Å². The number of hydrogen-bond donors (Lipinski definition) is 0. The largest absolute Gasteiger partial charge is 0.298 e. The molecule has 0 unspecified atom stereocenters.